The fraction of sp³-hybridized carbons (Fsp3) is 0. The van der Waals surface area contributed by atoms with Gasteiger partial charge in [-0.3, -0.25) is 4.98 Å². The summed E-state index contributed by atoms with van der Waals surface area (Å²) in [7, 11) is 0. The molecule has 2 heterocycles. The van der Waals surface area contributed by atoms with Gasteiger partial charge in [-0.05, 0) is 30.3 Å². The van der Waals surface area contributed by atoms with Crippen LogP contribution in [0.1, 0.15) is 0 Å². The number of pyridine rings is 1. The fourth-order valence-corrected chi connectivity index (χ4v) is 1.82. The summed E-state index contributed by atoms with van der Waals surface area (Å²) >= 11 is 5.91. The van der Waals surface area contributed by atoms with E-state index in [0.29, 0.717) is 10.8 Å². The SMILES string of the molecule is Clc1ccc2nc(-c3ccncc3)ncc2c1. The number of nitrogens with zero attached hydrogens (tertiary/aromatic N) is 3. The molecule has 17 heavy (non-hydrogen) atoms. The Morgan fingerprint density at radius 3 is 2.65 bits per heavy atom. The van der Waals surface area contributed by atoms with Crippen molar-refractivity contribution in [2.45, 2.75) is 0 Å². The first-order chi connectivity index (χ1) is 8.33. The zero-order chi connectivity index (χ0) is 11.7. The minimum atomic E-state index is 0.692. The van der Waals surface area contributed by atoms with Gasteiger partial charge < -0.3 is 0 Å². The molecule has 0 amide bonds. The molecule has 3 nitrogen and oxygen atoms in total. The Kier molecular flexibility index (Phi) is 2.46. The summed E-state index contributed by atoms with van der Waals surface area (Å²) in [6.45, 7) is 0. The molecule has 0 aliphatic heterocycles. The van der Waals surface area contributed by atoms with E-state index >= 15 is 0 Å². The monoisotopic (exact) mass is 241 g/mol. The lowest BCUT2D eigenvalue weighted by molar-refractivity contribution is 1.21. The van der Waals surface area contributed by atoms with Crippen LogP contribution in [-0.4, -0.2) is 15.0 Å². The predicted molar refractivity (Wildman–Crippen MR) is 67.8 cm³/mol. The van der Waals surface area contributed by atoms with E-state index in [0.717, 1.165) is 16.5 Å². The summed E-state index contributed by atoms with van der Waals surface area (Å²) < 4.78 is 0. The number of hydrogen-bond acceptors (Lipinski definition) is 3. The van der Waals surface area contributed by atoms with Crippen LogP contribution in [0.25, 0.3) is 22.3 Å². The minimum Gasteiger partial charge on any atom is -0.265 e. The quantitative estimate of drug-likeness (QED) is 0.656. The molecular weight excluding hydrogens is 234 g/mol. The highest BCUT2D eigenvalue weighted by Crippen LogP contribution is 2.20. The molecule has 2 aromatic heterocycles. The summed E-state index contributed by atoms with van der Waals surface area (Å²) in [5.74, 6) is 0.697. The highest BCUT2D eigenvalue weighted by molar-refractivity contribution is 6.31. The molecular formula is C13H8ClN3. The minimum absolute atomic E-state index is 0.692. The summed E-state index contributed by atoms with van der Waals surface area (Å²) in [4.78, 5) is 12.8. The molecule has 0 radical (unpaired) electrons. The van der Waals surface area contributed by atoms with Crippen molar-refractivity contribution in [3.63, 3.8) is 0 Å². The van der Waals surface area contributed by atoms with Gasteiger partial charge in [0.05, 0.1) is 5.52 Å². The van der Waals surface area contributed by atoms with E-state index in [9.17, 15) is 0 Å². The number of rotatable bonds is 1. The zero-order valence-electron chi connectivity index (χ0n) is 8.84. The Labute approximate surface area is 103 Å². The van der Waals surface area contributed by atoms with Gasteiger partial charge in [0.15, 0.2) is 5.82 Å². The molecule has 3 rings (SSSR count). The molecule has 0 atom stereocenters. The van der Waals surface area contributed by atoms with Gasteiger partial charge in [0, 0.05) is 34.6 Å². The van der Waals surface area contributed by atoms with Gasteiger partial charge in [-0.15, -0.1) is 0 Å². The highest BCUT2D eigenvalue weighted by Gasteiger charge is 2.02. The lowest BCUT2D eigenvalue weighted by atomic mass is 10.2. The van der Waals surface area contributed by atoms with E-state index in [1.54, 1.807) is 18.6 Å². The maximum atomic E-state index is 5.91. The number of halogens is 1. The van der Waals surface area contributed by atoms with E-state index in [1.165, 1.54) is 0 Å². The van der Waals surface area contributed by atoms with Gasteiger partial charge in [-0.1, -0.05) is 11.6 Å². The van der Waals surface area contributed by atoms with Crippen molar-refractivity contribution in [1.82, 2.24) is 15.0 Å². The van der Waals surface area contributed by atoms with Gasteiger partial charge >= 0.3 is 0 Å². The number of fused-ring (bicyclic) bond motifs is 1. The number of aromatic nitrogens is 3. The first kappa shape index (κ1) is 10.2. The van der Waals surface area contributed by atoms with Crippen LogP contribution in [0.5, 0.6) is 0 Å². The van der Waals surface area contributed by atoms with Crippen LogP contribution in [0, 0.1) is 0 Å². The molecule has 0 saturated carbocycles. The molecule has 0 spiro atoms. The molecule has 3 aromatic rings. The first-order valence-corrected chi connectivity index (χ1v) is 5.53. The predicted octanol–water partition coefficient (Wildman–Crippen LogP) is 3.35. The van der Waals surface area contributed by atoms with Gasteiger partial charge in [-0.2, -0.15) is 0 Å². The van der Waals surface area contributed by atoms with Crippen LogP contribution in [-0.2, 0) is 0 Å². The van der Waals surface area contributed by atoms with Crippen molar-refractivity contribution < 1.29 is 0 Å². The molecule has 0 bridgehead atoms. The second-order valence-corrected chi connectivity index (χ2v) is 4.07. The van der Waals surface area contributed by atoms with E-state index in [-0.39, 0.29) is 0 Å². The zero-order valence-corrected chi connectivity index (χ0v) is 9.59. The van der Waals surface area contributed by atoms with Gasteiger partial charge in [0.2, 0.25) is 0 Å². The Morgan fingerprint density at radius 2 is 1.82 bits per heavy atom. The molecule has 0 N–H and O–H groups in total. The Balaban J connectivity index is 2.17. The third-order valence-corrected chi connectivity index (χ3v) is 2.72. The van der Waals surface area contributed by atoms with Crippen molar-refractivity contribution in [3.05, 3.63) is 53.9 Å². The first-order valence-electron chi connectivity index (χ1n) is 5.16. The Hall–Kier alpha value is -2.00. The Bertz CT molecular complexity index is 668. The van der Waals surface area contributed by atoms with Crippen LogP contribution in [0.4, 0.5) is 0 Å². The van der Waals surface area contributed by atoms with Crippen LogP contribution in [0.3, 0.4) is 0 Å². The number of benzene rings is 1. The molecule has 0 saturated heterocycles. The average Bonchev–Trinajstić information content (AvgIpc) is 2.39. The smallest absolute Gasteiger partial charge is 0.159 e. The summed E-state index contributed by atoms with van der Waals surface area (Å²) in [6, 6.07) is 9.35. The van der Waals surface area contributed by atoms with Crippen molar-refractivity contribution in [2.75, 3.05) is 0 Å². The van der Waals surface area contributed by atoms with Crippen LogP contribution in [0.2, 0.25) is 5.02 Å². The van der Waals surface area contributed by atoms with E-state index in [1.807, 2.05) is 30.3 Å². The van der Waals surface area contributed by atoms with Crippen LogP contribution in [0.15, 0.2) is 48.9 Å². The summed E-state index contributed by atoms with van der Waals surface area (Å²) in [6.07, 6.45) is 5.24. The fourth-order valence-electron chi connectivity index (χ4n) is 1.64. The third kappa shape index (κ3) is 1.97. The molecule has 4 heteroatoms. The standard InChI is InChI=1S/C13H8ClN3/c14-11-1-2-12-10(7-11)8-16-13(17-12)9-3-5-15-6-4-9/h1-8H. The number of hydrogen-bond donors (Lipinski definition) is 0. The lowest BCUT2D eigenvalue weighted by Gasteiger charge is -2.02. The third-order valence-electron chi connectivity index (χ3n) is 2.48. The largest absolute Gasteiger partial charge is 0.265 e. The van der Waals surface area contributed by atoms with Gasteiger partial charge in [0.25, 0.3) is 0 Å². The van der Waals surface area contributed by atoms with E-state index in [4.69, 9.17) is 11.6 Å². The maximum Gasteiger partial charge on any atom is 0.159 e. The molecule has 0 aliphatic carbocycles. The summed E-state index contributed by atoms with van der Waals surface area (Å²) in [5, 5.41) is 1.63. The van der Waals surface area contributed by atoms with E-state index < -0.39 is 0 Å². The van der Waals surface area contributed by atoms with Crippen molar-refractivity contribution in [3.8, 4) is 11.4 Å². The van der Waals surface area contributed by atoms with Crippen LogP contribution < -0.4 is 0 Å². The molecule has 1 aromatic carbocycles. The second kappa shape index (κ2) is 4.11. The molecule has 0 aliphatic rings. The molecule has 0 fully saturated rings. The lowest BCUT2D eigenvalue weighted by Crippen LogP contribution is -1.89. The molecule has 82 valence electrons. The maximum absolute atomic E-state index is 5.91. The van der Waals surface area contributed by atoms with Crippen LogP contribution >= 0.6 is 11.6 Å². The van der Waals surface area contributed by atoms with E-state index in [2.05, 4.69) is 15.0 Å². The average molecular weight is 242 g/mol. The van der Waals surface area contributed by atoms with Gasteiger partial charge in [-0.25, -0.2) is 9.97 Å². The topological polar surface area (TPSA) is 38.7 Å². The second-order valence-electron chi connectivity index (χ2n) is 3.63. The molecule has 0 unspecified atom stereocenters. The van der Waals surface area contributed by atoms with Gasteiger partial charge in [0.1, 0.15) is 0 Å². The van der Waals surface area contributed by atoms with Crippen molar-refractivity contribution >= 4 is 22.5 Å². The van der Waals surface area contributed by atoms with Crippen molar-refractivity contribution in [1.29, 1.82) is 0 Å². The highest BCUT2D eigenvalue weighted by atomic mass is 35.5. The Morgan fingerprint density at radius 1 is 1.00 bits per heavy atom. The summed E-state index contributed by atoms with van der Waals surface area (Å²) in [5.41, 5.74) is 1.84. The van der Waals surface area contributed by atoms with Crippen molar-refractivity contribution in [2.24, 2.45) is 0 Å². The normalized spacial score (nSPS) is 10.6.